The number of aromatic nitrogens is 2. The van der Waals surface area contributed by atoms with E-state index in [1.807, 2.05) is 0 Å². The van der Waals surface area contributed by atoms with Crippen molar-refractivity contribution in [2.75, 3.05) is 24.6 Å². The number of nitrogens with zero attached hydrogens (tertiary/aromatic N) is 3. The normalized spacial score (nSPS) is 20.9. The quantitative estimate of drug-likeness (QED) is 0.716. The number of aliphatic hydroxyl groups excluding tert-OH is 1. The van der Waals surface area contributed by atoms with Crippen LogP contribution in [0.4, 0.5) is 5.82 Å². The zero-order chi connectivity index (χ0) is 10.7. The number of rotatable bonds is 3. The van der Waals surface area contributed by atoms with Gasteiger partial charge in [0, 0.05) is 44.6 Å². The molecule has 1 atom stereocenters. The molecule has 3 N–H and O–H groups in total. The summed E-state index contributed by atoms with van der Waals surface area (Å²) in [5.74, 6) is 1.23. The van der Waals surface area contributed by atoms with Crippen molar-refractivity contribution in [1.29, 1.82) is 0 Å². The van der Waals surface area contributed by atoms with Crippen LogP contribution in [0.25, 0.3) is 0 Å². The molecule has 1 saturated heterocycles. The van der Waals surface area contributed by atoms with Crippen LogP contribution in [0.2, 0.25) is 0 Å². The fourth-order valence-corrected chi connectivity index (χ4v) is 1.94. The van der Waals surface area contributed by atoms with Crippen LogP contribution in [0.1, 0.15) is 12.1 Å². The highest BCUT2D eigenvalue weighted by atomic mass is 16.3. The Morgan fingerprint density at radius 2 is 2.27 bits per heavy atom. The molecule has 0 aromatic carbocycles. The molecule has 82 valence electrons. The van der Waals surface area contributed by atoms with Crippen LogP contribution < -0.4 is 10.6 Å². The summed E-state index contributed by atoms with van der Waals surface area (Å²) in [4.78, 5) is 10.7. The van der Waals surface area contributed by atoms with Gasteiger partial charge in [0.1, 0.15) is 0 Å². The second-order valence-electron chi connectivity index (χ2n) is 3.81. The molecule has 15 heavy (non-hydrogen) atoms. The Bertz CT molecular complexity index is 331. The third-order valence-corrected chi connectivity index (χ3v) is 2.79. The predicted octanol–water partition coefficient (Wildman–Crippen LogP) is -0.246. The fourth-order valence-electron chi connectivity index (χ4n) is 1.94. The molecule has 1 aliphatic heterocycles. The second kappa shape index (κ2) is 4.55. The van der Waals surface area contributed by atoms with Crippen LogP contribution >= 0.6 is 0 Å². The van der Waals surface area contributed by atoms with Crippen molar-refractivity contribution in [3.63, 3.8) is 0 Å². The van der Waals surface area contributed by atoms with E-state index in [-0.39, 0.29) is 6.61 Å². The lowest BCUT2D eigenvalue weighted by molar-refractivity contribution is 0.238. The van der Waals surface area contributed by atoms with Crippen LogP contribution in [-0.2, 0) is 6.54 Å². The second-order valence-corrected chi connectivity index (χ2v) is 3.81. The maximum atomic E-state index is 9.07. The highest BCUT2D eigenvalue weighted by Crippen LogP contribution is 2.23. The Kier molecular flexibility index (Phi) is 3.13. The molecule has 0 radical (unpaired) electrons. The Morgan fingerprint density at radius 3 is 2.93 bits per heavy atom. The molecule has 5 heteroatoms. The summed E-state index contributed by atoms with van der Waals surface area (Å²) >= 11 is 0. The van der Waals surface area contributed by atoms with E-state index in [1.54, 1.807) is 12.4 Å². The summed E-state index contributed by atoms with van der Waals surface area (Å²) in [7, 11) is 0. The summed E-state index contributed by atoms with van der Waals surface area (Å²) in [6.07, 6.45) is 4.35. The first-order valence-electron chi connectivity index (χ1n) is 5.21. The van der Waals surface area contributed by atoms with Gasteiger partial charge in [0.25, 0.3) is 0 Å². The average Bonchev–Trinajstić information content (AvgIpc) is 2.77. The van der Waals surface area contributed by atoms with Crippen LogP contribution in [0.15, 0.2) is 12.4 Å². The van der Waals surface area contributed by atoms with Gasteiger partial charge < -0.3 is 15.7 Å². The highest BCUT2D eigenvalue weighted by Gasteiger charge is 2.24. The number of aliphatic hydroxyl groups is 1. The third kappa shape index (κ3) is 2.08. The summed E-state index contributed by atoms with van der Waals surface area (Å²) < 4.78 is 0. The molecule has 1 unspecified atom stereocenters. The summed E-state index contributed by atoms with van der Waals surface area (Å²) in [6.45, 7) is 2.43. The first kappa shape index (κ1) is 10.3. The maximum Gasteiger partial charge on any atom is 0.151 e. The third-order valence-electron chi connectivity index (χ3n) is 2.79. The van der Waals surface area contributed by atoms with E-state index < -0.39 is 0 Å². The summed E-state index contributed by atoms with van der Waals surface area (Å²) in [6, 6.07) is 0. The van der Waals surface area contributed by atoms with Gasteiger partial charge in [-0.05, 0) is 6.42 Å². The fraction of sp³-hybridized carbons (Fsp3) is 0.600. The molecule has 5 nitrogen and oxygen atoms in total. The first-order valence-corrected chi connectivity index (χ1v) is 5.21. The molecule has 1 fully saturated rings. The molecule has 1 aromatic rings. The topological polar surface area (TPSA) is 75.3 Å². The lowest BCUT2D eigenvalue weighted by atomic mass is 10.1. The van der Waals surface area contributed by atoms with Gasteiger partial charge in [0.2, 0.25) is 0 Å². The predicted molar refractivity (Wildman–Crippen MR) is 57.3 cm³/mol. The monoisotopic (exact) mass is 208 g/mol. The van der Waals surface area contributed by atoms with Gasteiger partial charge in [-0.15, -0.1) is 0 Å². The van der Waals surface area contributed by atoms with Crippen molar-refractivity contribution in [3.8, 4) is 0 Å². The van der Waals surface area contributed by atoms with Crippen molar-refractivity contribution in [3.05, 3.63) is 18.1 Å². The Balaban J connectivity index is 2.16. The van der Waals surface area contributed by atoms with Crippen molar-refractivity contribution < 1.29 is 5.11 Å². The Morgan fingerprint density at radius 1 is 1.47 bits per heavy atom. The summed E-state index contributed by atoms with van der Waals surface area (Å²) in [5.41, 5.74) is 6.44. The van der Waals surface area contributed by atoms with Gasteiger partial charge in [-0.3, -0.25) is 4.98 Å². The maximum absolute atomic E-state index is 9.07. The average molecular weight is 208 g/mol. The van der Waals surface area contributed by atoms with Gasteiger partial charge in [-0.25, -0.2) is 4.98 Å². The van der Waals surface area contributed by atoms with Crippen LogP contribution in [0, 0.1) is 5.92 Å². The molecule has 0 aliphatic carbocycles. The molecule has 0 bridgehead atoms. The van der Waals surface area contributed by atoms with E-state index in [0.29, 0.717) is 12.5 Å². The number of hydrogen-bond acceptors (Lipinski definition) is 5. The van der Waals surface area contributed by atoms with Gasteiger partial charge in [0.05, 0.1) is 5.69 Å². The van der Waals surface area contributed by atoms with Crippen molar-refractivity contribution in [2.24, 2.45) is 11.7 Å². The van der Waals surface area contributed by atoms with E-state index >= 15 is 0 Å². The number of anilines is 1. The highest BCUT2D eigenvalue weighted by molar-refractivity contribution is 5.44. The van der Waals surface area contributed by atoms with Crippen LogP contribution in [0.5, 0.6) is 0 Å². The van der Waals surface area contributed by atoms with E-state index in [1.165, 1.54) is 0 Å². The first-order chi connectivity index (χ1) is 7.35. The molecular formula is C10H16N4O. The van der Waals surface area contributed by atoms with Crippen LogP contribution in [0.3, 0.4) is 0 Å². The molecule has 0 saturated carbocycles. The zero-order valence-electron chi connectivity index (χ0n) is 8.63. The largest absolute Gasteiger partial charge is 0.396 e. The standard InChI is InChI=1S/C10H16N4O/c11-5-9-10(13-3-2-12-9)14-4-1-8(6-14)7-15/h2-3,8,15H,1,4-7,11H2. The SMILES string of the molecule is NCc1nccnc1N1CCC(CO)C1. The summed E-state index contributed by atoms with van der Waals surface area (Å²) in [5, 5.41) is 9.07. The smallest absolute Gasteiger partial charge is 0.151 e. The van der Waals surface area contributed by atoms with Gasteiger partial charge in [-0.1, -0.05) is 0 Å². The Hall–Kier alpha value is -1.20. The minimum absolute atomic E-state index is 0.245. The van der Waals surface area contributed by atoms with Gasteiger partial charge in [-0.2, -0.15) is 0 Å². The zero-order valence-corrected chi connectivity index (χ0v) is 8.63. The van der Waals surface area contributed by atoms with Crippen molar-refractivity contribution in [1.82, 2.24) is 9.97 Å². The molecule has 1 aliphatic rings. The molecule has 1 aromatic heterocycles. The molecule has 2 rings (SSSR count). The molecular weight excluding hydrogens is 192 g/mol. The van der Waals surface area contributed by atoms with E-state index in [9.17, 15) is 0 Å². The molecule has 0 amide bonds. The van der Waals surface area contributed by atoms with E-state index in [0.717, 1.165) is 31.0 Å². The van der Waals surface area contributed by atoms with Crippen molar-refractivity contribution >= 4 is 5.82 Å². The lowest BCUT2D eigenvalue weighted by Gasteiger charge is -2.18. The van der Waals surface area contributed by atoms with Gasteiger partial charge >= 0.3 is 0 Å². The Labute approximate surface area is 88.9 Å². The molecule has 0 spiro atoms. The van der Waals surface area contributed by atoms with Crippen LogP contribution in [-0.4, -0.2) is 34.8 Å². The number of nitrogens with two attached hydrogens (primary N) is 1. The number of hydrogen-bond donors (Lipinski definition) is 2. The minimum atomic E-state index is 0.245. The molecule has 2 heterocycles. The minimum Gasteiger partial charge on any atom is -0.396 e. The van der Waals surface area contributed by atoms with E-state index in [4.69, 9.17) is 10.8 Å². The van der Waals surface area contributed by atoms with Gasteiger partial charge in [0.15, 0.2) is 5.82 Å². The van der Waals surface area contributed by atoms with Crippen molar-refractivity contribution in [2.45, 2.75) is 13.0 Å². The van der Waals surface area contributed by atoms with E-state index in [2.05, 4.69) is 14.9 Å². The lowest BCUT2D eigenvalue weighted by Crippen LogP contribution is -2.24.